The fraction of sp³-hybridized carbons (Fsp3) is 0.333. The molecular weight excluding hydrogens is 293 g/mol. The quantitative estimate of drug-likeness (QED) is 0.895. The lowest BCUT2D eigenvalue weighted by atomic mass is 10.1. The summed E-state index contributed by atoms with van der Waals surface area (Å²) in [6.07, 6.45) is -1.23. The molecule has 0 atom stereocenters. The fourth-order valence-corrected chi connectivity index (χ4v) is 2.46. The molecule has 0 saturated carbocycles. The predicted octanol–water partition coefficient (Wildman–Crippen LogP) is 2.93. The minimum atomic E-state index is -4.32. The van der Waals surface area contributed by atoms with E-state index in [0.29, 0.717) is 11.5 Å². The SMILES string of the molecule is FC(F)(F)c1ccc(Nc2ncnc3c2CCNCC3)cc1. The minimum Gasteiger partial charge on any atom is -0.340 e. The van der Waals surface area contributed by atoms with Crippen molar-refractivity contribution in [1.82, 2.24) is 15.3 Å². The van der Waals surface area contributed by atoms with Crippen LogP contribution < -0.4 is 10.6 Å². The van der Waals surface area contributed by atoms with Gasteiger partial charge in [-0.05, 0) is 37.2 Å². The zero-order valence-electron chi connectivity index (χ0n) is 11.7. The van der Waals surface area contributed by atoms with Gasteiger partial charge in [0.05, 0.1) is 11.3 Å². The molecule has 7 heteroatoms. The first kappa shape index (κ1) is 14.8. The number of nitrogens with one attached hydrogen (secondary N) is 2. The van der Waals surface area contributed by atoms with Gasteiger partial charge in [0.2, 0.25) is 0 Å². The maximum absolute atomic E-state index is 12.6. The van der Waals surface area contributed by atoms with Gasteiger partial charge in [-0.3, -0.25) is 0 Å². The van der Waals surface area contributed by atoms with Gasteiger partial charge in [0.25, 0.3) is 0 Å². The Morgan fingerprint density at radius 2 is 1.73 bits per heavy atom. The summed E-state index contributed by atoms with van der Waals surface area (Å²) in [5, 5.41) is 6.38. The third-order valence-electron chi connectivity index (χ3n) is 3.60. The Balaban J connectivity index is 1.84. The molecule has 0 radical (unpaired) electrons. The molecule has 0 fully saturated rings. The van der Waals surface area contributed by atoms with Crippen LogP contribution in [0.15, 0.2) is 30.6 Å². The van der Waals surface area contributed by atoms with Crippen LogP contribution in [-0.4, -0.2) is 23.1 Å². The van der Waals surface area contributed by atoms with Crippen molar-refractivity contribution < 1.29 is 13.2 Å². The standard InChI is InChI=1S/C15H15F3N4/c16-15(17,18)10-1-3-11(4-2-10)22-14-12-5-7-19-8-6-13(12)20-9-21-14/h1-4,9,19H,5-8H2,(H,20,21,22). The van der Waals surface area contributed by atoms with E-state index in [0.717, 1.165) is 49.3 Å². The summed E-state index contributed by atoms with van der Waals surface area (Å²) < 4.78 is 37.7. The second kappa shape index (κ2) is 5.92. The maximum atomic E-state index is 12.6. The molecule has 2 heterocycles. The monoisotopic (exact) mass is 308 g/mol. The Morgan fingerprint density at radius 1 is 1.00 bits per heavy atom. The van der Waals surface area contributed by atoms with Gasteiger partial charge in [0.15, 0.2) is 0 Å². The first-order valence-corrected chi connectivity index (χ1v) is 7.02. The van der Waals surface area contributed by atoms with Gasteiger partial charge in [-0.15, -0.1) is 0 Å². The van der Waals surface area contributed by atoms with Crippen LogP contribution in [0.25, 0.3) is 0 Å². The molecule has 0 aliphatic carbocycles. The second-order valence-electron chi connectivity index (χ2n) is 5.10. The first-order chi connectivity index (χ1) is 10.5. The van der Waals surface area contributed by atoms with Crippen LogP contribution in [0, 0.1) is 0 Å². The topological polar surface area (TPSA) is 49.8 Å². The zero-order valence-corrected chi connectivity index (χ0v) is 11.7. The molecular formula is C15H15F3N4. The Hall–Kier alpha value is -2.15. The van der Waals surface area contributed by atoms with Crippen LogP contribution in [0.2, 0.25) is 0 Å². The lowest BCUT2D eigenvalue weighted by molar-refractivity contribution is -0.137. The molecule has 2 aromatic rings. The Labute approximate surface area is 125 Å². The minimum absolute atomic E-state index is 0.575. The van der Waals surface area contributed by atoms with Crippen LogP contribution in [-0.2, 0) is 19.0 Å². The van der Waals surface area contributed by atoms with Gasteiger partial charge in [-0.2, -0.15) is 13.2 Å². The number of alkyl halides is 3. The normalized spacial score (nSPS) is 15.0. The molecule has 1 aliphatic heterocycles. The van der Waals surface area contributed by atoms with Gasteiger partial charge in [0.1, 0.15) is 12.1 Å². The van der Waals surface area contributed by atoms with Gasteiger partial charge in [-0.25, -0.2) is 9.97 Å². The van der Waals surface area contributed by atoms with Crippen molar-refractivity contribution in [3.05, 3.63) is 47.4 Å². The molecule has 0 amide bonds. The summed E-state index contributed by atoms with van der Waals surface area (Å²) in [6, 6.07) is 4.94. The van der Waals surface area contributed by atoms with Crippen molar-refractivity contribution in [3.63, 3.8) is 0 Å². The lowest BCUT2D eigenvalue weighted by Gasteiger charge is -2.13. The van der Waals surface area contributed by atoms with E-state index in [1.807, 2.05) is 0 Å². The van der Waals surface area contributed by atoms with E-state index in [9.17, 15) is 13.2 Å². The summed E-state index contributed by atoms with van der Waals surface area (Å²) in [4.78, 5) is 8.52. The average Bonchev–Trinajstić information content (AvgIpc) is 2.73. The smallest absolute Gasteiger partial charge is 0.340 e. The van der Waals surface area contributed by atoms with Gasteiger partial charge in [-0.1, -0.05) is 0 Å². The molecule has 22 heavy (non-hydrogen) atoms. The largest absolute Gasteiger partial charge is 0.416 e. The van der Waals surface area contributed by atoms with E-state index < -0.39 is 11.7 Å². The van der Waals surface area contributed by atoms with Crippen molar-refractivity contribution in [3.8, 4) is 0 Å². The average molecular weight is 308 g/mol. The number of hydrogen-bond donors (Lipinski definition) is 2. The van der Waals surface area contributed by atoms with Crippen LogP contribution >= 0.6 is 0 Å². The van der Waals surface area contributed by atoms with Crippen molar-refractivity contribution in [2.24, 2.45) is 0 Å². The highest BCUT2D eigenvalue weighted by Gasteiger charge is 2.30. The van der Waals surface area contributed by atoms with Crippen molar-refractivity contribution in [2.45, 2.75) is 19.0 Å². The highest BCUT2D eigenvalue weighted by atomic mass is 19.4. The van der Waals surface area contributed by atoms with Crippen LogP contribution in [0.5, 0.6) is 0 Å². The summed E-state index contributed by atoms with van der Waals surface area (Å²) in [7, 11) is 0. The van der Waals surface area contributed by atoms with Crippen LogP contribution in [0.4, 0.5) is 24.7 Å². The van der Waals surface area contributed by atoms with Gasteiger partial charge in [0, 0.05) is 24.2 Å². The van der Waals surface area contributed by atoms with Gasteiger partial charge < -0.3 is 10.6 Å². The van der Waals surface area contributed by atoms with E-state index in [4.69, 9.17) is 0 Å². The van der Waals surface area contributed by atoms with Crippen molar-refractivity contribution >= 4 is 11.5 Å². The van der Waals surface area contributed by atoms with E-state index in [1.165, 1.54) is 18.5 Å². The third kappa shape index (κ3) is 3.19. The number of hydrogen-bond acceptors (Lipinski definition) is 4. The number of benzene rings is 1. The molecule has 4 nitrogen and oxygen atoms in total. The van der Waals surface area contributed by atoms with E-state index >= 15 is 0 Å². The maximum Gasteiger partial charge on any atom is 0.416 e. The molecule has 0 spiro atoms. The second-order valence-corrected chi connectivity index (χ2v) is 5.10. The first-order valence-electron chi connectivity index (χ1n) is 7.02. The highest BCUT2D eigenvalue weighted by molar-refractivity contribution is 5.60. The van der Waals surface area contributed by atoms with E-state index in [1.54, 1.807) is 0 Å². The molecule has 1 aromatic carbocycles. The van der Waals surface area contributed by atoms with Crippen molar-refractivity contribution in [2.75, 3.05) is 18.4 Å². The van der Waals surface area contributed by atoms with Crippen molar-refractivity contribution in [1.29, 1.82) is 0 Å². The lowest BCUT2D eigenvalue weighted by Crippen LogP contribution is -2.16. The number of nitrogens with zero attached hydrogens (tertiary/aromatic N) is 2. The molecule has 116 valence electrons. The molecule has 1 aliphatic rings. The molecule has 1 aromatic heterocycles. The summed E-state index contributed by atoms with van der Waals surface area (Å²) in [5.41, 5.74) is 1.91. The Morgan fingerprint density at radius 3 is 2.45 bits per heavy atom. The van der Waals surface area contributed by atoms with E-state index in [-0.39, 0.29) is 0 Å². The predicted molar refractivity (Wildman–Crippen MR) is 77.0 cm³/mol. The third-order valence-corrected chi connectivity index (χ3v) is 3.60. The highest BCUT2D eigenvalue weighted by Crippen LogP contribution is 2.30. The Bertz CT molecular complexity index is 653. The molecule has 3 rings (SSSR count). The number of rotatable bonds is 2. The molecule has 0 bridgehead atoms. The number of fused-ring (bicyclic) bond motifs is 1. The number of halogens is 3. The van der Waals surface area contributed by atoms with E-state index in [2.05, 4.69) is 20.6 Å². The van der Waals surface area contributed by atoms with Gasteiger partial charge >= 0.3 is 6.18 Å². The Kier molecular flexibility index (Phi) is 3.98. The summed E-state index contributed by atoms with van der Waals surface area (Å²) >= 11 is 0. The number of aromatic nitrogens is 2. The fourth-order valence-electron chi connectivity index (χ4n) is 2.46. The number of anilines is 2. The molecule has 0 unspecified atom stereocenters. The van der Waals surface area contributed by atoms with Crippen LogP contribution in [0.3, 0.4) is 0 Å². The summed E-state index contributed by atoms with van der Waals surface area (Å²) in [5.74, 6) is 0.661. The van der Waals surface area contributed by atoms with Crippen LogP contribution in [0.1, 0.15) is 16.8 Å². The summed E-state index contributed by atoms with van der Waals surface area (Å²) in [6.45, 7) is 1.70. The molecule has 2 N–H and O–H groups in total. The molecule has 0 saturated heterocycles. The zero-order chi connectivity index (χ0) is 15.6.